The highest BCUT2D eigenvalue weighted by Crippen LogP contribution is 2.20. The number of aromatic amines is 1. The summed E-state index contributed by atoms with van der Waals surface area (Å²) in [6.45, 7) is 0.310. The molecule has 1 fully saturated rings. The molecule has 1 aliphatic heterocycles. The van der Waals surface area contributed by atoms with Crippen molar-refractivity contribution in [2.24, 2.45) is 0 Å². The maximum Gasteiger partial charge on any atom is 0.401 e. The molecule has 124 valence electrons. The SMILES string of the molecule is O=C(Cc1c[nH]c2ccccc12)N1CCN(CC(F)(F)F)CC1. The average molecular weight is 325 g/mol. The van der Waals surface area contributed by atoms with Crippen molar-refractivity contribution in [3.8, 4) is 0 Å². The number of aromatic nitrogens is 1. The van der Waals surface area contributed by atoms with Gasteiger partial charge in [-0.15, -0.1) is 0 Å². The van der Waals surface area contributed by atoms with Crippen LogP contribution in [0, 0.1) is 0 Å². The molecule has 1 aromatic carbocycles. The molecule has 0 spiro atoms. The quantitative estimate of drug-likeness (QED) is 0.941. The van der Waals surface area contributed by atoms with Gasteiger partial charge in [0.2, 0.25) is 5.91 Å². The van der Waals surface area contributed by atoms with E-state index in [1.807, 2.05) is 30.5 Å². The number of amides is 1. The van der Waals surface area contributed by atoms with Crippen LogP contribution in [0.25, 0.3) is 10.9 Å². The molecule has 1 saturated heterocycles. The van der Waals surface area contributed by atoms with Gasteiger partial charge in [-0.3, -0.25) is 9.69 Å². The minimum atomic E-state index is -4.18. The fraction of sp³-hybridized carbons (Fsp3) is 0.438. The van der Waals surface area contributed by atoms with Crippen LogP contribution in [0.4, 0.5) is 13.2 Å². The van der Waals surface area contributed by atoms with Gasteiger partial charge in [0, 0.05) is 43.3 Å². The number of nitrogens with zero attached hydrogens (tertiary/aromatic N) is 2. The molecule has 4 nitrogen and oxygen atoms in total. The zero-order chi connectivity index (χ0) is 16.4. The Hall–Kier alpha value is -2.02. The van der Waals surface area contributed by atoms with E-state index in [9.17, 15) is 18.0 Å². The van der Waals surface area contributed by atoms with Crippen molar-refractivity contribution in [1.82, 2.24) is 14.8 Å². The Bertz CT molecular complexity index is 687. The maximum absolute atomic E-state index is 12.4. The molecule has 0 bridgehead atoms. The van der Waals surface area contributed by atoms with Crippen LogP contribution >= 0.6 is 0 Å². The first-order chi connectivity index (χ1) is 10.9. The summed E-state index contributed by atoms with van der Waals surface area (Å²) in [6, 6.07) is 7.74. The number of fused-ring (bicyclic) bond motifs is 1. The Kier molecular flexibility index (Phi) is 4.30. The van der Waals surface area contributed by atoms with E-state index in [2.05, 4.69) is 4.98 Å². The highest BCUT2D eigenvalue weighted by molar-refractivity contribution is 5.88. The number of rotatable bonds is 3. The minimum Gasteiger partial charge on any atom is -0.361 e. The van der Waals surface area contributed by atoms with E-state index >= 15 is 0 Å². The third-order valence-electron chi connectivity index (χ3n) is 4.14. The molecule has 3 rings (SSSR count). The fourth-order valence-electron chi connectivity index (χ4n) is 2.96. The molecule has 1 N–H and O–H groups in total. The number of hydrogen-bond acceptors (Lipinski definition) is 2. The summed E-state index contributed by atoms with van der Waals surface area (Å²) in [7, 11) is 0. The van der Waals surface area contributed by atoms with Crippen molar-refractivity contribution >= 4 is 16.8 Å². The molecular formula is C16H18F3N3O. The largest absolute Gasteiger partial charge is 0.401 e. The number of alkyl halides is 3. The van der Waals surface area contributed by atoms with E-state index in [1.165, 1.54) is 4.90 Å². The topological polar surface area (TPSA) is 39.3 Å². The van der Waals surface area contributed by atoms with Crippen molar-refractivity contribution in [3.63, 3.8) is 0 Å². The standard InChI is InChI=1S/C16H18F3N3O/c17-16(18,19)11-21-5-7-22(8-6-21)15(23)9-12-10-20-14-4-2-1-3-13(12)14/h1-4,10,20H,5-9,11H2. The lowest BCUT2D eigenvalue weighted by Crippen LogP contribution is -2.51. The number of hydrogen-bond donors (Lipinski definition) is 1. The number of carbonyl (C=O) groups excluding carboxylic acids is 1. The number of carbonyl (C=O) groups is 1. The number of piperazine rings is 1. The highest BCUT2D eigenvalue weighted by atomic mass is 19.4. The number of H-pyrrole nitrogens is 1. The van der Waals surface area contributed by atoms with Crippen LogP contribution in [-0.2, 0) is 11.2 Å². The summed E-state index contributed by atoms with van der Waals surface area (Å²) < 4.78 is 37.1. The van der Waals surface area contributed by atoms with Gasteiger partial charge in [-0.25, -0.2) is 0 Å². The lowest BCUT2D eigenvalue weighted by atomic mass is 10.1. The molecule has 1 aromatic heterocycles. The fourth-order valence-corrected chi connectivity index (χ4v) is 2.96. The lowest BCUT2D eigenvalue weighted by Gasteiger charge is -2.35. The van der Waals surface area contributed by atoms with Gasteiger partial charge < -0.3 is 9.88 Å². The zero-order valence-electron chi connectivity index (χ0n) is 12.6. The van der Waals surface area contributed by atoms with Crippen LogP contribution in [0.2, 0.25) is 0 Å². The summed E-state index contributed by atoms with van der Waals surface area (Å²) in [5, 5.41) is 1.01. The van der Waals surface area contributed by atoms with E-state index in [1.54, 1.807) is 4.90 Å². The third-order valence-corrected chi connectivity index (χ3v) is 4.14. The molecule has 1 amide bonds. The summed E-state index contributed by atoms with van der Waals surface area (Å²) in [4.78, 5) is 18.5. The van der Waals surface area contributed by atoms with Crippen molar-refractivity contribution in [3.05, 3.63) is 36.0 Å². The van der Waals surface area contributed by atoms with Crippen LogP contribution < -0.4 is 0 Å². The second-order valence-corrected chi connectivity index (χ2v) is 5.81. The first kappa shape index (κ1) is 15.9. The number of para-hydroxylation sites is 1. The molecule has 0 saturated carbocycles. The van der Waals surface area contributed by atoms with Gasteiger partial charge >= 0.3 is 6.18 Å². The second kappa shape index (κ2) is 6.23. The van der Waals surface area contributed by atoms with Crippen LogP contribution in [0.15, 0.2) is 30.5 Å². The molecule has 0 radical (unpaired) electrons. The first-order valence-corrected chi connectivity index (χ1v) is 7.54. The van der Waals surface area contributed by atoms with Crippen molar-refractivity contribution in [2.45, 2.75) is 12.6 Å². The van der Waals surface area contributed by atoms with Gasteiger partial charge in [0.25, 0.3) is 0 Å². The van der Waals surface area contributed by atoms with E-state index in [0.29, 0.717) is 13.1 Å². The second-order valence-electron chi connectivity index (χ2n) is 5.81. The average Bonchev–Trinajstić information content (AvgIpc) is 2.90. The normalized spacial score (nSPS) is 16.9. The molecule has 2 heterocycles. The number of halogens is 3. The van der Waals surface area contributed by atoms with Gasteiger partial charge in [0.1, 0.15) is 0 Å². The highest BCUT2D eigenvalue weighted by Gasteiger charge is 2.32. The zero-order valence-corrected chi connectivity index (χ0v) is 12.6. The third kappa shape index (κ3) is 3.85. The van der Waals surface area contributed by atoms with Gasteiger partial charge in [0.15, 0.2) is 0 Å². The molecule has 1 aliphatic rings. The Morgan fingerprint density at radius 1 is 1.13 bits per heavy atom. The van der Waals surface area contributed by atoms with Crippen LogP contribution in [0.1, 0.15) is 5.56 Å². The molecular weight excluding hydrogens is 307 g/mol. The molecule has 7 heteroatoms. The molecule has 23 heavy (non-hydrogen) atoms. The number of benzene rings is 1. The predicted molar refractivity (Wildman–Crippen MR) is 81.1 cm³/mol. The Morgan fingerprint density at radius 2 is 1.83 bits per heavy atom. The van der Waals surface area contributed by atoms with Crippen molar-refractivity contribution in [1.29, 1.82) is 0 Å². The van der Waals surface area contributed by atoms with E-state index in [-0.39, 0.29) is 25.4 Å². The van der Waals surface area contributed by atoms with Gasteiger partial charge in [-0.1, -0.05) is 18.2 Å². The molecule has 2 aromatic rings. The molecule has 0 aliphatic carbocycles. The van der Waals surface area contributed by atoms with E-state index < -0.39 is 12.7 Å². The summed E-state index contributed by atoms with van der Waals surface area (Å²) >= 11 is 0. The lowest BCUT2D eigenvalue weighted by molar-refractivity contribution is -0.151. The van der Waals surface area contributed by atoms with E-state index in [4.69, 9.17) is 0 Å². The Morgan fingerprint density at radius 3 is 2.52 bits per heavy atom. The minimum absolute atomic E-state index is 0.0404. The monoisotopic (exact) mass is 325 g/mol. The Balaban J connectivity index is 1.58. The molecule has 0 atom stereocenters. The van der Waals surface area contributed by atoms with Gasteiger partial charge in [-0.2, -0.15) is 13.2 Å². The maximum atomic E-state index is 12.4. The smallest absolute Gasteiger partial charge is 0.361 e. The first-order valence-electron chi connectivity index (χ1n) is 7.54. The molecule has 0 unspecified atom stereocenters. The van der Waals surface area contributed by atoms with Crippen molar-refractivity contribution < 1.29 is 18.0 Å². The van der Waals surface area contributed by atoms with Gasteiger partial charge in [-0.05, 0) is 11.6 Å². The number of nitrogens with one attached hydrogen (secondary N) is 1. The Labute approximate surface area is 131 Å². The van der Waals surface area contributed by atoms with Crippen LogP contribution in [-0.4, -0.2) is 59.6 Å². The summed E-state index contributed by atoms with van der Waals surface area (Å²) in [6.07, 6.45) is -2.10. The predicted octanol–water partition coefficient (Wildman–Crippen LogP) is 2.42. The van der Waals surface area contributed by atoms with Crippen LogP contribution in [0.3, 0.4) is 0 Å². The summed E-state index contributed by atoms with van der Waals surface area (Å²) in [5.41, 5.74) is 1.90. The van der Waals surface area contributed by atoms with Crippen LogP contribution in [0.5, 0.6) is 0 Å². The summed E-state index contributed by atoms with van der Waals surface area (Å²) in [5.74, 6) is -0.0404. The van der Waals surface area contributed by atoms with E-state index in [0.717, 1.165) is 16.5 Å². The van der Waals surface area contributed by atoms with Crippen molar-refractivity contribution in [2.75, 3.05) is 32.7 Å². The van der Waals surface area contributed by atoms with Gasteiger partial charge in [0.05, 0.1) is 13.0 Å².